The van der Waals surface area contributed by atoms with Gasteiger partial charge in [0.15, 0.2) is 0 Å². The second-order valence-corrected chi connectivity index (χ2v) is 5.38. The van der Waals surface area contributed by atoms with Gasteiger partial charge in [0, 0.05) is 12.3 Å². The quantitative estimate of drug-likeness (QED) is 0.744. The molecule has 0 atom stereocenters. The largest absolute Gasteiger partial charge is 0.492 e. The van der Waals surface area contributed by atoms with E-state index in [1.165, 1.54) is 12.8 Å². The van der Waals surface area contributed by atoms with E-state index in [0.717, 1.165) is 24.2 Å². The lowest BCUT2D eigenvalue weighted by Crippen LogP contribution is -2.11. The average Bonchev–Trinajstić information content (AvgIpc) is 2.93. The van der Waals surface area contributed by atoms with E-state index in [9.17, 15) is 4.79 Å². The van der Waals surface area contributed by atoms with Gasteiger partial charge in [-0.15, -0.1) is 0 Å². The molecule has 0 bridgehead atoms. The van der Waals surface area contributed by atoms with Gasteiger partial charge < -0.3 is 4.74 Å². The maximum absolute atomic E-state index is 12.1. The van der Waals surface area contributed by atoms with Crippen molar-refractivity contribution in [1.82, 2.24) is 4.98 Å². The van der Waals surface area contributed by atoms with Gasteiger partial charge >= 0.3 is 0 Å². The zero-order valence-electron chi connectivity index (χ0n) is 11.3. The number of ketones is 1. The molecular formula is C15H20ClNO2. The van der Waals surface area contributed by atoms with Crippen LogP contribution in [0.15, 0.2) is 12.3 Å². The predicted octanol–water partition coefficient (Wildman–Crippen LogP) is 3.83. The molecule has 1 heterocycles. The minimum Gasteiger partial charge on any atom is -0.492 e. The molecule has 0 N–H and O–H groups in total. The van der Waals surface area contributed by atoms with Crippen LogP contribution in [0.4, 0.5) is 0 Å². The molecule has 4 heteroatoms. The Balaban J connectivity index is 1.97. The van der Waals surface area contributed by atoms with Gasteiger partial charge in [0.1, 0.15) is 16.7 Å². The third-order valence-electron chi connectivity index (χ3n) is 3.67. The van der Waals surface area contributed by atoms with Crippen molar-refractivity contribution >= 4 is 17.4 Å². The monoisotopic (exact) mass is 281 g/mol. The van der Waals surface area contributed by atoms with Gasteiger partial charge in [-0.3, -0.25) is 4.79 Å². The number of aryl methyl sites for hydroxylation is 1. The number of nitrogens with zero attached hydrogens (tertiary/aromatic N) is 1. The molecule has 1 saturated carbocycles. The van der Waals surface area contributed by atoms with Gasteiger partial charge in [-0.05, 0) is 37.8 Å². The number of ether oxygens (including phenoxy) is 1. The van der Waals surface area contributed by atoms with E-state index in [2.05, 4.69) is 4.98 Å². The Morgan fingerprint density at radius 2 is 2.21 bits per heavy atom. The molecule has 0 unspecified atom stereocenters. The molecule has 1 aromatic rings. The molecular weight excluding hydrogens is 262 g/mol. The summed E-state index contributed by atoms with van der Waals surface area (Å²) < 4.78 is 5.52. The van der Waals surface area contributed by atoms with Crippen LogP contribution in [0.5, 0.6) is 5.75 Å². The van der Waals surface area contributed by atoms with Crippen LogP contribution in [-0.4, -0.2) is 17.4 Å². The summed E-state index contributed by atoms with van der Waals surface area (Å²) >= 11 is 5.91. The molecule has 1 aromatic heterocycles. The molecule has 104 valence electrons. The summed E-state index contributed by atoms with van der Waals surface area (Å²) in [4.78, 5) is 16.1. The molecule has 1 aliphatic rings. The fourth-order valence-electron chi connectivity index (χ4n) is 2.65. The summed E-state index contributed by atoms with van der Waals surface area (Å²) in [5.41, 5.74) is 0.980. The van der Waals surface area contributed by atoms with Crippen molar-refractivity contribution in [3.63, 3.8) is 0 Å². The Morgan fingerprint density at radius 3 is 2.89 bits per heavy atom. The van der Waals surface area contributed by atoms with E-state index in [0.29, 0.717) is 30.4 Å². The first-order valence-corrected chi connectivity index (χ1v) is 7.38. The molecule has 2 rings (SSSR count). The highest BCUT2D eigenvalue weighted by Gasteiger charge is 2.22. The molecule has 1 fully saturated rings. The van der Waals surface area contributed by atoms with E-state index in [1.807, 2.05) is 6.92 Å². The maximum Gasteiger partial charge on any atom is 0.140 e. The van der Waals surface area contributed by atoms with Crippen LogP contribution >= 0.6 is 11.6 Å². The lowest BCUT2D eigenvalue weighted by atomic mass is 9.97. The molecule has 3 nitrogen and oxygen atoms in total. The van der Waals surface area contributed by atoms with E-state index >= 15 is 0 Å². The summed E-state index contributed by atoms with van der Waals surface area (Å²) in [5, 5.41) is 0.451. The summed E-state index contributed by atoms with van der Waals surface area (Å²) in [6.07, 6.45) is 7.42. The van der Waals surface area contributed by atoms with Crippen molar-refractivity contribution in [3.05, 3.63) is 23.0 Å². The highest BCUT2D eigenvalue weighted by molar-refractivity contribution is 6.29. The SMILES string of the molecule is CCOc1cnc(Cl)cc1CCC(=O)C1CCCC1. The lowest BCUT2D eigenvalue weighted by Gasteiger charge is -2.11. The second kappa shape index (κ2) is 6.90. The van der Waals surface area contributed by atoms with E-state index in [4.69, 9.17) is 16.3 Å². The van der Waals surface area contributed by atoms with Gasteiger partial charge in [-0.25, -0.2) is 4.98 Å². The van der Waals surface area contributed by atoms with Gasteiger partial charge in [0.2, 0.25) is 0 Å². The highest BCUT2D eigenvalue weighted by Crippen LogP contribution is 2.28. The predicted molar refractivity (Wildman–Crippen MR) is 75.7 cm³/mol. The second-order valence-electron chi connectivity index (χ2n) is 5.00. The lowest BCUT2D eigenvalue weighted by molar-refractivity contribution is -0.122. The number of Topliss-reactive ketones (excluding diaryl/α,β-unsaturated/α-hetero) is 1. The van der Waals surface area contributed by atoms with Crippen molar-refractivity contribution in [2.24, 2.45) is 5.92 Å². The van der Waals surface area contributed by atoms with Gasteiger partial charge in [-0.1, -0.05) is 24.4 Å². The number of hydrogen-bond donors (Lipinski definition) is 0. The Kier molecular flexibility index (Phi) is 5.20. The number of rotatable bonds is 6. The first-order valence-electron chi connectivity index (χ1n) is 7.00. The number of halogens is 1. The first kappa shape index (κ1) is 14.3. The zero-order chi connectivity index (χ0) is 13.7. The van der Waals surface area contributed by atoms with Crippen molar-refractivity contribution in [2.45, 2.75) is 45.4 Å². The van der Waals surface area contributed by atoms with Gasteiger partial charge in [-0.2, -0.15) is 0 Å². The van der Waals surface area contributed by atoms with Crippen molar-refractivity contribution in [2.75, 3.05) is 6.61 Å². The number of carbonyl (C=O) groups is 1. The van der Waals surface area contributed by atoms with Crippen LogP contribution in [0.1, 0.15) is 44.6 Å². The van der Waals surface area contributed by atoms with Gasteiger partial charge in [0.05, 0.1) is 12.8 Å². The number of carbonyl (C=O) groups excluding carboxylic acids is 1. The van der Waals surface area contributed by atoms with Crippen LogP contribution in [0.3, 0.4) is 0 Å². The minimum absolute atomic E-state index is 0.285. The Morgan fingerprint density at radius 1 is 1.47 bits per heavy atom. The Hall–Kier alpha value is -1.09. The van der Waals surface area contributed by atoms with Gasteiger partial charge in [0.25, 0.3) is 0 Å². The summed E-state index contributed by atoms with van der Waals surface area (Å²) in [7, 11) is 0. The van der Waals surface area contributed by atoms with Crippen LogP contribution in [0.25, 0.3) is 0 Å². The Bertz CT molecular complexity index is 442. The van der Waals surface area contributed by atoms with Crippen molar-refractivity contribution in [1.29, 1.82) is 0 Å². The van der Waals surface area contributed by atoms with Crippen LogP contribution in [-0.2, 0) is 11.2 Å². The van der Waals surface area contributed by atoms with Crippen LogP contribution in [0, 0.1) is 5.92 Å². The number of hydrogen-bond acceptors (Lipinski definition) is 3. The highest BCUT2D eigenvalue weighted by atomic mass is 35.5. The molecule has 0 amide bonds. The fourth-order valence-corrected chi connectivity index (χ4v) is 2.83. The topological polar surface area (TPSA) is 39.2 Å². The summed E-state index contributed by atoms with van der Waals surface area (Å²) in [5.74, 6) is 1.41. The molecule has 19 heavy (non-hydrogen) atoms. The maximum atomic E-state index is 12.1. The normalized spacial score (nSPS) is 15.7. The van der Waals surface area contributed by atoms with Crippen molar-refractivity contribution < 1.29 is 9.53 Å². The number of aromatic nitrogens is 1. The Labute approximate surface area is 119 Å². The number of pyridine rings is 1. The standard InChI is InChI=1S/C15H20ClNO2/c1-2-19-14-10-17-15(16)9-12(14)7-8-13(18)11-5-3-4-6-11/h9-11H,2-8H2,1H3. The third kappa shape index (κ3) is 3.93. The van der Waals surface area contributed by atoms with E-state index in [1.54, 1.807) is 12.3 Å². The third-order valence-corrected chi connectivity index (χ3v) is 3.87. The fraction of sp³-hybridized carbons (Fsp3) is 0.600. The smallest absolute Gasteiger partial charge is 0.140 e. The molecule has 0 aromatic carbocycles. The molecule has 0 saturated heterocycles. The molecule has 0 aliphatic heterocycles. The van der Waals surface area contributed by atoms with E-state index < -0.39 is 0 Å². The first-order chi connectivity index (χ1) is 9.20. The van der Waals surface area contributed by atoms with Crippen LogP contribution < -0.4 is 4.74 Å². The van der Waals surface area contributed by atoms with Crippen LogP contribution in [0.2, 0.25) is 5.15 Å². The summed E-state index contributed by atoms with van der Waals surface area (Å²) in [6, 6.07) is 1.80. The minimum atomic E-state index is 0.285. The average molecular weight is 282 g/mol. The summed E-state index contributed by atoms with van der Waals surface area (Å²) in [6.45, 7) is 2.52. The molecule has 0 spiro atoms. The molecule has 1 aliphatic carbocycles. The van der Waals surface area contributed by atoms with Crippen molar-refractivity contribution in [3.8, 4) is 5.75 Å². The molecule has 0 radical (unpaired) electrons. The van der Waals surface area contributed by atoms with E-state index in [-0.39, 0.29) is 5.92 Å². The zero-order valence-corrected chi connectivity index (χ0v) is 12.1.